The summed E-state index contributed by atoms with van der Waals surface area (Å²) in [6, 6.07) is 8.69. The zero-order valence-electron chi connectivity index (χ0n) is 19.5. The summed E-state index contributed by atoms with van der Waals surface area (Å²) in [5.74, 6) is 1.09. The van der Waals surface area contributed by atoms with Crippen molar-refractivity contribution in [3.8, 4) is 0 Å². The summed E-state index contributed by atoms with van der Waals surface area (Å²) in [6.45, 7) is 0. The second-order valence-corrected chi connectivity index (χ2v) is 11.6. The van der Waals surface area contributed by atoms with Crippen molar-refractivity contribution in [3.63, 3.8) is 0 Å². The number of H-pyrrole nitrogens is 1. The summed E-state index contributed by atoms with van der Waals surface area (Å²) in [5.41, 5.74) is 1.84. The highest BCUT2D eigenvalue weighted by molar-refractivity contribution is 7.89. The lowest BCUT2D eigenvalue weighted by Crippen LogP contribution is -2.41. The first-order valence-electron chi connectivity index (χ1n) is 12.2. The predicted octanol–water partition coefficient (Wildman–Crippen LogP) is 4.35. The molecule has 2 heterocycles. The summed E-state index contributed by atoms with van der Waals surface area (Å²) >= 11 is 0. The molecule has 0 amide bonds. The zero-order valence-corrected chi connectivity index (χ0v) is 20.3. The molecule has 2 aliphatic carbocycles. The van der Waals surface area contributed by atoms with Crippen molar-refractivity contribution in [1.29, 1.82) is 0 Å². The van der Waals surface area contributed by atoms with E-state index in [9.17, 15) is 12.8 Å². The first-order valence-corrected chi connectivity index (χ1v) is 13.8. The molecule has 2 aromatic heterocycles. The van der Waals surface area contributed by atoms with Crippen LogP contribution in [-0.4, -0.2) is 48.3 Å². The summed E-state index contributed by atoms with van der Waals surface area (Å²) in [4.78, 5) is 14.1. The quantitative estimate of drug-likeness (QED) is 0.519. The number of nitrogens with zero attached hydrogens (tertiary/aromatic N) is 3. The minimum absolute atomic E-state index is 0.109. The van der Waals surface area contributed by atoms with Crippen molar-refractivity contribution in [2.75, 3.05) is 17.7 Å². The average molecular weight is 486 g/mol. The Hall–Kier alpha value is -2.52. The van der Waals surface area contributed by atoms with Crippen LogP contribution in [0, 0.1) is 11.7 Å². The predicted molar refractivity (Wildman–Crippen MR) is 132 cm³/mol. The van der Waals surface area contributed by atoms with E-state index in [4.69, 9.17) is 0 Å². The van der Waals surface area contributed by atoms with Gasteiger partial charge in [0, 0.05) is 31.2 Å². The number of sulfonamides is 1. The van der Waals surface area contributed by atoms with Crippen LogP contribution in [0.1, 0.15) is 56.4 Å². The fourth-order valence-electron chi connectivity index (χ4n) is 5.81. The minimum atomic E-state index is -3.39. The number of anilines is 1. The molecule has 1 aromatic carbocycles. The molecule has 2 aliphatic rings. The van der Waals surface area contributed by atoms with Gasteiger partial charge in [0.15, 0.2) is 0 Å². The first kappa shape index (κ1) is 23.2. The smallest absolute Gasteiger partial charge is 0.212 e. The van der Waals surface area contributed by atoms with Gasteiger partial charge >= 0.3 is 0 Å². The fourth-order valence-corrected chi connectivity index (χ4v) is 7.60. The van der Waals surface area contributed by atoms with Gasteiger partial charge in [0.1, 0.15) is 23.6 Å². The minimum Gasteiger partial charge on any atom is -0.356 e. The van der Waals surface area contributed by atoms with Crippen molar-refractivity contribution in [2.45, 2.75) is 62.9 Å². The van der Waals surface area contributed by atoms with E-state index in [2.05, 4.69) is 31.6 Å². The first-order chi connectivity index (χ1) is 16.4. The molecule has 0 unspecified atom stereocenters. The highest BCUT2D eigenvalue weighted by Crippen LogP contribution is 2.36. The molecule has 7 nitrogen and oxygen atoms in total. The van der Waals surface area contributed by atoms with Gasteiger partial charge in [-0.15, -0.1) is 0 Å². The summed E-state index contributed by atoms with van der Waals surface area (Å²) < 4.78 is 42.4. The molecule has 182 valence electrons. The van der Waals surface area contributed by atoms with Gasteiger partial charge in [0.2, 0.25) is 10.0 Å². The third-order valence-corrected chi connectivity index (χ3v) is 9.20. The second kappa shape index (κ2) is 9.62. The molecule has 0 saturated heterocycles. The number of aromatic nitrogens is 3. The van der Waals surface area contributed by atoms with Crippen LogP contribution in [-0.2, 0) is 10.0 Å². The molecule has 2 N–H and O–H groups in total. The van der Waals surface area contributed by atoms with E-state index in [1.165, 1.54) is 12.1 Å². The molecule has 0 bridgehead atoms. The Bertz CT molecular complexity index is 1220. The van der Waals surface area contributed by atoms with Crippen molar-refractivity contribution in [3.05, 3.63) is 54.2 Å². The van der Waals surface area contributed by atoms with Gasteiger partial charge in [0.05, 0.1) is 11.1 Å². The third kappa shape index (κ3) is 4.95. The third-order valence-electron chi connectivity index (χ3n) is 7.63. The largest absolute Gasteiger partial charge is 0.356 e. The average Bonchev–Trinajstić information content (AvgIpc) is 3.48. The number of hydrogen-bond donors (Lipinski definition) is 2. The summed E-state index contributed by atoms with van der Waals surface area (Å²) in [7, 11) is -1.32. The Balaban J connectivity index is 1.17. The number of halogens is 1. The molecule has 9 heteroatoms. The van der Waals surface area contributed by atoms with E-state index in [1.54, 1.807) is 18.5 Å². The molecule has 0 aliphatic heterocycles. The number of fused-ring (bicyclic) bond motifs is 1. The van der Waals surface area contributed by atoms with Crippen LogP contribution in [0.4, 0.5) is 10.2 Å². The molecule has 2 fully saturated rings. The summed E-state index contributed by atoms with van der Waals surface area (Å²) in [5, 5.41) is 1.01. The van der Waals surface area contributed by atoms with Gasteiger partial charge in [-0.25, -0.2) is 27.5 Å². The van der Waals surface area contributed by atoms with Crippen molar-refractivity contribution in [2.24, 2.45) is 5.92 Å². The van der Waals surface area contributed by atoms with Gasteiger partial charge in [-0.2, -0.15) is 0 Å². The van der Waals surface area contributed by atoms with Crippen molar-refractivity contribution >= 4 is 26.9 Å². The molecule has 0 radical (unpaired) electrons. The number of rotatable bonds is 7. The number of benzene rings is 1. The molecule has 3 aromatic rings. The molecular weight excluding hydrogens is 453 g/mol. The van der Waals surface area contributed by atoms with Crippen LogP contribution in [0.5, 0.6) is 0 Å². The van der Waals surface area contributed by atoms with E-state index >= 15 is 0 Å². The Morgan fingerprint density at radius 1 is 1.06 bits per heavy atom. The van der Waals surface area contributed by atoms with Crippen LogP contribution in [0.15, 0.2) is 42.9 Å². The molecule has 34 heavy (non-hydrogen) atoms. The maximum Gasteiger partial charge on any atom is 0.212 e. The van der Waals surface area contributed by atoms with Gasteiger partial charge < -0.3 is 9.88 Å². The van der Waals surface area contributed by atoms with Crippen molar-refractivity contribution < 1.29 is 12.8 Å². The normalized spacial score (nSPS) is 25.6. The second-order valence-electron chi connectivity index (χ2n) is 9.82. The van der Waals surface area contributed by atoms with Gasteiger partial charge in [-0.05, 0) is 68.2 Å². The molecule has 5 rings (SSSR count). The lowest BCUT2D eigenvalue weighted by atomic mass is 9.86. The van der Waals surface area contributed by atoms with Gasteiger partial charge in [0.25, 0.3) is 0 Å². The van der Waals surface area contributed by atoms with E-state index < -0.39 is 10.0 Å². The Morgan fingerprint density at radius 3 is 2.59 bits per heavy atom. The number of aromatic amines is 1. The Morgan fingerprint density at radius 2 is 1.82 bits per heavy atom. The Kier molecular flexibility index (Phi) is 6.57. The van der Waals surface area contributed by atoms with E-state index in [-0.39, 0.29) is 29.4 Å². The van der Waals surface area contributed by atoms with Gasteiger partial charge in [-0.3, -0.25) is 0 Å². The van der Waals surface area contributed by atoms with Crippen LogP contribution in [0.2, 0.25) is 0 Å². The van der Waals surface area contributed by atoms with Crippen LogP contribution in [0.3, 0.4) is 0 Å². The van der Waals surface area contributed by atoms with E-state index in [0.717, 1.165) is 67.4 Å². The van der Waals surface area contributed by atoms with E-state index in [0.29, 0.717) is 6.04 Å². The standard InChI is InChI=1S/C25H32FN5O2S/c1-31(25-22-13-14-27-24(22)28-16-29-25)20-11-5-17(6-12-20)15-34(32,33)30-23-4-2-3-21(23)18-7-9-19(26)10-8-18/h7-10,13-14,16-17,20-21,23,30H,2-6,11-12,15H2,1H3,(H,27,28,29)/t17-,20-,21-,23-/m1/s1. The van der Waals surface area contributed by atoms with Crippen LogP contribution < -0.4 is 9.62 Å². The number of hydrogen-bond acceptors (Lipinski definition) is 5. The molecular formula is C25H32FN5O2S. The maximum absolute atomic E-state index is 13.3. The SMILES string of the molecule is CN(c1ncnc2[nH]ccc12)[C@H]1CC[C@H](CS(=O)(=O)N[C@@H]2CCC[C@@H]2c2ccc(F)cc2)CC1. The lowest BCUT2D eigenvalue weighted by Gasteiger charge is -2.35. The molecule has 0 spiro atoms. The number of nitrogens with one attached hydrogen (secondary N) is 2. The van der Waals surface area contributed by atoms with Crippen molar-refractivity contribution in [1.82, 2.24) is 19.7 Å². The van der Waals surface area contributed by atoms with Gasteiger partial charge in [-0.1, -0.05) is 18.6 Å². The van der Waals surface area contributed by atoms with Crippen LogP contribution >= 0.6 is 0 Å². The molecule has 2 saturated carbocycles. The highest BCUT2D eigenvalue weighted by atomic mass is 32.2. The fraction of sp³-hybridized carbons (Fsp3) is 0.520. The summed E-state index contributed by atoms with van der Waals surface area (Å²) in [6.07, 6.45) is 9.81. The highest BCUT2D eigenvalue weighted by Gasteiger charge is 2.34. The lowest BCUT2D eigenvalue weighted by molar-refractivity contribution is 0.339. The maximum atomic E-state index is 13.3. The van der Waals surface area contributed by atoms with E-state index in [1.807, 2.05) is 12.3 Å². The topological polar surface area (TPSA) is 91.0 Å². The van der Waals surface area contributed by atoms with Crippen LogP contribution in [0.25, 0.3) is 11.0 Å². The Labute approximate surface area is 200 Å². The molecule has 2 atom stereocenters. The monoisotopic (exact) mass is 485 g/mol. The zero-order chi connectivity index (χ0) is 23.7.